The highest BCUT2D eigenvalue weighted by Crippen LogP contribution is 2.18. The van der Waals surface area contributed by atoms with Crippen LogP contribution in [0.1, 0.15) is 11.6 Å². The van der Waals surface area contributed by atoms with Crippen molar-refractivity contribution in [2.45, 2.75) is 6.04 Å². The topological polar surface area (TPSA) is 52.0 Å². The predicted octanol–water partition coefficient (Wildman–Crippen LogP) is 1.86. The molecule has 1 rings (SSSR count). The number of hydrogen-bond donors (Lipinski definition) is 2. The summed E-state index contributed by atoms with van der Waals surface area (Å²) in [7, 11) is 0. The Kier molecular flexibility index (Phi) is 5.25. The van der Waals surface area contributed by atoms with Crippen molar-refractivity contribution in [3.05, 3.63) is 34.6 Å². The van der Waals surface area contributed by atoms with Gasteiger partial charge >= 0.3 is 0 Å². The number of hydrogen-bond acceptors (Lipinski definition) is 2. The van der Waals surface area contributed by atoms with Crippen molar-refractivity contribution in [2.75, 3.05) is 6.54 Å². The average Bonchev–Trinajstić information content (AvgIpc) is 2.08. The third-order valence-corrected chi connectivity index (χ3v) is 1.93. The Morgan fingerprint density at radius 1 is 1.46 bits per heavy atom. The summed E-state index contributed by atoms with van der Waals surface area (Å²) in [5.41, 5.74) is 11.6. The van der Waals surface area contributed by atoms with Crippen LogP contribution in [0.2, 0.25) is 5.02 Å². The fourth-order valence-electron chi connectivity index (χ4n) is 0.879. The Labute approximate surface area is 87.5 Å². The van der Waals surface area contributed by atoms with Gasteiger partial charge in [-0.1, -0.05) is 17.7 Å². The van der Waals surface area contributed by atoms with Gasteiger partial charge < -0.3 is 11.5 Å². The van der Waals surface area contributed by atoms with Gasteiger partial charge in [0.1, 0.15) is 5.82 Å². The summed E-state index contributed by atoms with van der Waals surface area (Å²) in [6, 6.07) is 4.13. The van der Waals surface area contributed by atoms with Crippen LogP contribution in [0.25, 0.3) is 0 Å². The van der Waals surface area contributed by atoms with E-state index in [2.05, 4.69) is 0 Å². The molecular weight excluding hydrogens is 214 g/mol. The van der Waals surface area contributed by atoms with Crippen molar-refractivity contribution in [3.8, 4) is 0 Å². The minimum atomic E-state index is -0.460. The van der Waals surface area contributed by atoms with E-state index in [1.54, 1.807) is 6.07 Å². The molecule has 13 heavy (non-hydrogen) atoms. The lowest BCUT2D eigenvalue weighted by atomic mass is 10.1. The fourth-order valence-corrected chi connectivity index (χ4v) is 0.997. The molecule has 0 spiro atoms. The first-order valence-electron chi connectivity index (χ1n) is 3.55. The van der Waals surface area contributed by atoms with Gasteiger partial charge in [0.2, 0.25) is 0 Å². The number of rotatable bonds is 2. The smallest absolute Gasteiger partial charge is 0.142 e. The second-order valence-electron chi connectivity index (χ2n) is 2.52. The molecule has 0 saturated carbocycles. The molecule has 0 radical (unpaired) electrons. The summed E-state index contributed by atoms with van der Waals surface area (Å²) >= 11 is 5.48. The first-order valence-corrected chi connectivity index (χ1v) is 3.93. The zero-order chi connectivity index (χ0) is 9.14. The predicted molar refractivity (Wildman–Crippen MR) is 54.6 cm³/mol. The first-order chi connectivity index (χ1) is 5.65. The maximum atomic E-state index is 12.8. The van der Waals surface area contributed by atoms with Crippen molar-refractivity contribution < 1.29 is 4.39 Å². The Morgan fingerprint density at radius 2 is 2.08 bits per heavy atom. The first kappa shape index (κ1) is 12.7. The average molecular weight is 225 g/mol. The summed E-state index contributed by atoms with van der Waals surface area (Å²) in [5, 5.41) is 0.1000. The van der Waals surface area contributed by atoms with E-state index in [-0.39, 0.29) is 23.5 Å². The van der Waals surface area contributed by atoms with Crippen molar-refractivity contribution in [3.63, 3.8) is 0 Å². The summed E-state index contributed by atoms with van der Waals surface area (Å²) in [4.78, 5) is 0. The molecule has 1 aromatic carbocycles. The van der Waals surface area contributed by atoms with E-state index in [0.717, 1.165) is 0 Å². The molecule has 0 bridgehead atoms. The van der Waals surface area contributed by atoms with Crippen LogP contribution in [0.5, 0.6) is 0 Å². The Morgan fingerprint density at radius 3 is 2.54 bits per heavy atom. The largest absolute Gasteiger partial charge is 0.329 e. The molecule has 0 aromatic heterocycles. The maximum absolute atomic E-state index is 12.8. The standard InChI is InChI=1S/C8H10ClFN2.ClH/c9-6-2-1-5(3-7(6)10)8(12)4-11;/h1-3,8H,4,11-12H2;1H/t8-;/m0./s1. The third kappa shape index (κ3) is 3.12. The SMILES string of the molecule is Cl.NC[C@H](N)c1ccc(Cl)c(F)c1. The van der Waals surface area contributed by atoms with Gasteiger partial charge in [-0.15, -0.1) is 12.4 Å². The van der Waals surface area contributed by atoms with Gasteiger partial charge in [0.25, 0.3) is 0 Å². The van der Waals surface area contributed by atoms with Gasteiger partial charge in [-0.3, -0.25) is 0 Å². The molecular formula is C8H11Cl2FN2. The van der Waals surface area contributed by atoms with E-state index in [1.165, 1.54) is 12.1 Å². The molecule has 74 valence electrons. The molecule has 4 N–H and O–H groups in total. The zero-order valence-electron chi connectivity index (χ0n) is 6.84. The van der Waals surface area contributed by atoms with Crippen molar-refractivity contribution in [1.29, 1.82) is 0 Å². The number of halogens is 3. The summed E-state index contributed by atoms with van der Waals surface area (Å²) in [6.07, 6.45) is 0. The van der Waals surface area contributed by atoms with Crippen LogP contribution < -0.4 is 11.5 Å². The minimum absolute atomic E-state index is 0. The second-order valence-corrected chi connectivity index (χ2v) is 2.92. The van der Waals surface area contributed by atoms with Crippen LogP contribution in [-0.4, -0.2) is 6.54 Å². The van der Waals surface area contributed by atoms with Crippen molar-refractivity contribution >= 4 is 24.0 Å². The van der Waals surface area contributed by atoms with E-state index in [9.17, 15) is 4.39 Å². The lowest BCUT2D eigenvalue weighted by Gasteiger charge is -2.08. The van der Waals surface area contributed by atoms with Crippen LogP contribution in [-0.2, 0) is 0 Å². The Hall–Kier alpha value is -0.350. The molecule has 0 unspecified atom stereocenters. The van der Waals surface area contributed by atoms with Gasteiger partial charge in [0.05, 0.1) is 5.02 Å². The highest BCUT2D eigenvalue weighted by molar-refractivity contribution is 6.30. The summed E-state index contributed by atoms with van der Waals surface area (Å²) in [6.45, 7) is 0.293. The van der Waals surface area contributed by atoms with E-state index in [1.807, 2.05) is 0 Å². The van der Waals surface area contributed by atoms with E-state index < -0.39 is 5.82 Å². The van der Waals surface area contributed by atoms with Crippen LogP contribution in [0, 0.1) is 5.82 Å². The molecule has 0 aliphatic heterocycles. The molecule has 0 saturated heterocycles. The van der Waals surface area contributed by atoms with Gasteiger partial charge in [-0.05, 0) is 17.7 Å². The normalized spacial score (nSPS) is 12.0. The number of nitrogens with two attached hydrogens (primary N) is 2. The third-order valence-electron chi connectivity index (χ3n) is 1.63. The van der Waals surface area contributed by atoms with E-state index in [4.69, 9.17) is 23.1 Å². The molecule has 1 atom stereocenters. The van der Waals surface area contributed by atoms with Crippen LogP contribution in [0.3, 0.4) is 0 Å². The summed E-state index contributed by atoms with van der Waals surface area (Å²) in [5.74, 6) is -0.460. The summed E-state index contributed by atoms with van der Waals surface area (Å²) < 4.78 is 12.8. The number of benzene rings is 1. The molecule has 0 fully saturated rings. The molecule has 0 heterocycles. The second kappa shape index (κ2) is 5.40. The fraction of sp³-hybridized carbons (Fsp3) is 0.250. The van der Waals surface area contributed by atoms with E-state index >= 15 is 0 Å². The lowest BCUT2D eigenvalue weighted by Crippen LogP contribution is -2.20. The Balaban J connectivity index is 0.00000144. The van der Waals surface area contributed by atoms with E-state index in [0.29, 0.717) is 12.1 Å². The zero-order valence-corrected chi connectivity index (χ0v) is 8.41. The van der Waals surface area contributed by atoms with Crippen LogP contribution in [0.4, 0.5) is 4.39 Å². The minimum Gasteiger partial charge on any atom is -0.329 e. The van der Waals surface area contributed by atoms with Gasteiger partial charge in [-0.2, -0.15) is 0 Å². The molecule has 0 aliphatic carbocycles. The van der Waals surface area contributed by atoms with Crippen LogP contribution >= 0.6 is 24.0 Å². The molecule has 5 heteroatoms. The van der Waals surface area contributed by atoms with Crippen molar-refractivity contribution in [1.82, 2.24) is 0 Å². The van der Waals surface area contributed by atoms with Crippen LogP contribution in [0.15, 0.2) is 18.2 Å². The molecule has 2 nitrogen and oxygen atoms in total. The van der Waals surface area contributed by atoms with Gasteiger partial charge in [0.15, 0.2) is 0 Å². The van der Waals surface area contributed by atoms with Crippen molar-refractivity contribution in [2.24, 2.45) is 11.5 Å². The molecule has 1 aromatic rings. The quantitative estimate of drug-likeness (QED) is 0.807. The molecule has 0 aliphatic rings. The maximum Gasteiger partial charge on any atom is 0.142 e. The highest BCUT2D eigenvalue weighted by Gasteiger charge is 2.06. The Bertz CT molecular complexity index is 281. The molecule has 0 amide bonds. The monoisotopic (exact) mass is 224 g/mol. The highest BCUT2D eigenvalue weighted by atomic mass is 35.5. The lowest BCUT2D eigenvalue weighted by molar-refractivity contribution is 0.620. The van der Waals surface area contributed by atoms with Gasteiger partial charge in [-0.25, -0.2) is 4.39 Å². The van der Waals surface area contributed by atoms with Gasteiger partial charge in [0, 0.05) is 12.6 Å².